The zero-order valence-corrected chi connectivity index (χ0v) is 16.3. The molecule has 3 heteroatoms. The Kier molecular flexibility index (Phi) is 9.81. The van der Waals surface area contributed by atoms with Crippen molar-refractivity contribution in [2.75, 3.05) is 0 Å². The van der Waals surface area contributed by atoms with Crippen LogP contribution in [0, 0.1) is 18.1 Å². The van der Waals surface area contributed by atoms with Crippen molar-refractivity contribution >= 4 is 0 Å². The van der Waals surface area contributed by atoms with Crippen molar-refractivity contribution in [3.8, 4) is 11.1 Å². The third-order valence-corrected chi connectivity index (χ3v) is 3.71. The monoisotopic (exact) mass is 376 g/mol. The van der Waals surface area contributed by atoms with Crippen LogP contribution in [0.3, 0.4) is 0 Å². The summed E-state index contributed by atoms with van der Waals surface area (Å²) in [7, 11) is 0. The van der Waals surface area contributed by atoms with Crippen molar-refractivity contribution in [3.05, 3.63) is 83.5 Å². The number of rotatable bonds is 0. The molecule has 0 radical (unpaired) electrons. The van der Waals surface area contributed by atoms with Crippen LogP contribution in [0.15, 0.2) is 60.2 Å². The van der Waals surface area contributed by atoms with E-state index in [2.05, 4.69) is 74.5 Å². The van der Waals surface area contributed by atoms with Gasteiger partial charge in [0, 0.05) is 0 Å². The molecule has 2 aliphatic rings. The normalized spacial score (nSPS) is 15.6. The molecule has 0 nitrogen and oxygen atoms in total. The van der Waals surface area contributed by atoms with E-state index >= 15 is 0 Å². The van der Waals surface area contributed by atoms with E-state index in [1.807, 2.05) is 6.07 Å². The molecule has 0 heterocycles. The van der Waals surface area contributed by atoms with Crippen LogP contribution in [0.2, 0.25) is 0 Å². The molecule has 23 heavy (non-hydrogen) atoms. The summed E-state index contributed by atoms with van der Waals surface area (Å²) >= 11 is 0. The predicted molar refractivity (Wildman–Crippen MR) is 84.3 cm³/mol. The van der Waals surface area contributed by atoms with E-state index in [1.165, 1.54) is 27.8 Å². The van der Waals surface area contributed by atoms with Gasteiger partial charge in [0.25, 0.3) is 0 Å². The van der Waals surface area contributed by atoms with Crippen molar-refractivity contribution < 1.29 is 46.5 Å². The first-order chi connectivity index (χ1) is 9.74. The van der Waals surface area contributed by atoms with Crippen molar-refractivity contribution in [2.24, 2.45) is 5.92 Å². The van der Waals surface area contributed by atoms with Crippen molar-refractivity contribution in [1.82, 2.24) is 0 Å². The van der Waals surface area contributed by atoms with Gasteiger partial charge in [0.05, 0.1) is 0 Å². The second kappa shape index (κ2) is 10.2. The van der Waals surface area contributed by atoms with Gasteiger partial charge < -0.3 is 24.8 Å². The average molecular weight is 377 g/mol. The molecule has 0 saturated heterocycles. The molecule has 0 bridgehead atoms. The largest absolute Gasteiger partial charge is 4.00 e. The second-order valence-corrected chi connectivity index (χ2v) is 5.37. The topological polar surface area (TPSA) is 0 Å². The minimum Gasteiger partial charge on any atom is -1.00 e. The van der Waals surface area contributed by atoms with E-state index in [-0.39, 0.29) is 46.5 Å². The quantitative estimate of drug-likeness (QED) is 0.349. The maximum Gasteiger partial charge on any atom is 4.00 e. The molecular formula is C20H18Cl2Ti. The first kappa shape index (κ1) is 22.2. The van der Waals surface area contributed by atoms with Gasteiger partial charge in [-0.2, -0.15) is 35.9 Å². The fourth-order valence-corrected chi connectivity index (χ4v) is 2.74. The Morgan fingerprint density at radius 2 is 1.70 bits per heavy atom. The fourth-order valence-electron chi connectivity index (χ4n) is 2.74. The van der Waals surface area contributed by atoms with E-state index in [1.54, 1.807) is 0 Å². The molecule has 0 saturated carbocycles. The molecule has 0 N–H and O–H groups in total. The van der Waals surface area contributed by atoms with Crippen LogP contribution in [0.25, 0.3) is 11.1 Å². The average Bonchev–Trinajstić information content (AvgIpc) is 3.02. The summed E-state index contributed by atoms with van der Waals surface area (Å²) in [4.78, 5) is 0. The molecule has 2 aliphatic carbocycles. The van der Waals surface area contributed by atoms with Gasteiger partial charge in [0.2, 0.25) is 0 Å². The van der Waals surface area contributed by atoms with Gasteiger partial charge in [-0.25, -0.2) is 11.6 Å². The van der Waals surface area contributed by atoms with Crippen LogP contribution in [0.5, 0.6) is 0 Å². The van der Waals surface area contributed by atoms with Crippen molar-refractivity contribution in [3.63, 3.8) is 0 Å². The Morgan fingerprint density at radius 3 is 2.30 bits per heavy atom. The molecule has 2 aromatic carbocycles. The minimum absolute atomic E-state index is 0. The maximum atomic E-state index is 3.30. The number of allylic oxidation sites excluding steroid dienone is 4. The van der Waals surface area contributed by atoms with Gasteiger partial charge in [-0.15, -0.1) is 5.56 Å². The standard InChI is InChI=1S/C13H9.C7H9.2ClH.Ti/c1-3-7-12-10(5-1)9-11-6-2-4-8-13(11)12;1-6-3-4-7(2)5-6;;;/h1-5,7-8H,9H2;3-4,6H,1-2H3;2*1H;/q2*-1;;;+4/p-2. The van der Waals surface area contributed by atoms with Gasteiger partial charge in [-0.05, 0) is 6.42 Å². The first-order valence-electron chi connectivity index (χ1n) is 7.10. The van der Waals surface area contributed by atoms with Gasteiger partial charge >= 0.3 is 21.7 Å². The number of hydrogen-bond donors (Lipinski definition) is 0. The molecule has 0 aliphatic heterocycles. The summed E-state index contributed by atoms with van der Waals surface area (Å²) in [5, 5.41) is 0. The van der Waals surface area contributed by atoms with E-state index in [0.29, 0.717) is 5.92 Å². The maximum absolute atomic E-state index is 3.30. The van der Waals surface area contributed by atoms with E-state index in [0.717, 1.165) is 6.42 Å². The predicted octanol–water partition coefficient (Wildman–Crippen LogP) is -0.995. The Morgan fingerprint density at radius 1 is 1.00 bits per heavy atom. The Labute approximate surface area is 166 Å². The number of halogens is 2. The van der Waals surface area contributed by atoms with Gasteiger partial charge in [0.1, 0.15) is 0 Å². The van der Waals surface area contributed by atoms with Crippen LogP contribution in [-0.4, -0.2) is 0 Å². The molecule has 0 spiro atoms. The number of benzene rings is 2. The third-order valence-electron chi connectivity index (χ3n) is 3.71. The van der Waals surface area contributed by atoms with Crippen LogP contribution >= 0.6 is 0 Å². The molecule has 2 aromatic rings. The SMILES string of the molecule is CC1=[C-]C(C)C=C1.[Cl-].[Cl-].[Ti+4].[c-]1cccc2c1Cc1ccccc1-2. The number of hydrogen-bond acceptors (Lipinski definition) is 0. The summed E-state index contributed by atoms with van der Waals surface area (Å²) in [6.45, 7) is 4.20. The first-order valence-corrected chi connectivity index (χ1v) is 7.10. The molecule has 4 rings (SSSR count). The van der Waals surface area contributed by atoms with Gasteiger partial charge in [0.15, 0.2) is 0 Å². The van der Waals surface area contributed by atoms with Crippen LogP contribution in [0.4, 0.5) is 0 Å². The Bertz CT molecular complexity index is 646. The summed E-state index contributed by atoms with van der Waals surface area (Å²) in [6, 6.07) is 18.1. The molecular weight excluding hydrogens is 359 g/mol. The summed E-state index contributed by atoms with van der Waals surface area (Å²) in [5.41, 5.74) is 6.78. The van der Waals surface area contributed by atoms with Crippen LogP contribution < -0.4 is 24.8 Å². The smallest absolute Gasteiger partial charge is 1.00 e. The molecule has 0 fully saturated rings. The van der Waals surface area contributed by atoms with E-state index in [4.69, 9.17) is 0 Å². The molecule has 116 valence electrons. The third kappa shape index (κ3) is 5.36. The van der Waals surface area contributed by atoms with E-state index < -0.39 is 0 Å². The summed E-state index contributed by atoms with van der Waals surface area (Å²) in [6.07, 6.45) is 8.52. The molecule has 1 unspecified atom stereocenters. The molecule has 0 amide bonds. The van der Waals surface area contributed by atoms with Crippen LogP contribution in [0.1, 0.15) is 25.0 Å². The second-order valence-electron chi connectivity index (χ2n) is 5.37. The van der Waals surface area contributed by atoms with E-state index in [9.17, 15) is 0 Å². The van der Waals surface area contributed by atoms with Gasteiger partial charge in [-0.1, -0.05) is 55.2 Å². The van der Waals surface area contributed by atoms with Gasteiger partial charge in [-0.3, -0.25) is 6.08 Å². The summed E-state index contributed by atoms with van der Waals surface area (Å²) in [5.74, 6) is 0.556. The molecule has 1 atom stereocenters. The molecule has 0 aromatic heterocycles. The zero-order valence-electron chi connectivity index (χ0n) is 13.2. The van der Waals surface area contributed by atoms with Crippen molar-refractivity contribution in [1.29, 1.82) is 0 Å². The van der Waals surface area contributed by atoms with Crippen molar-refractivity contribution in [2.45, 2.75) is 20.3 Å². The Balaban J connectivity index is 0.000000426. The summed E-state index contributed by atoms with van der Waals surface area (Å²) < 4.78 is 0. The zero-order chi connectivity index (χ0) is 13.9. The number of fused-ring (bicyclic) bond motifs is 3. The minimum atomic E-state index is 0. The van der Waals surface area contributed by atoms with Crippen LogP contribution in [-0.2, 0) is 28.1 Å². The Hall–Kier alpha value is -0.786. The fraction of sp³-hybridized carbons (Fsp3) is 0.200.